The lowest BCUT2D eigenvalue weighted by atomic mass is 9.69. The Balaban J connectivity index is 1.42. The number of aromatic nitrogens is 4. The second-order valence-corrected chi connectivity index (χ2v) is 30.2. The summed E-state index contributed by atoms with van der Waals surface area (Å²) in [5, 5.41) is 18.4. The van der Waals surface area contributed by atoms with Gasteiger partial charge in [-0.2, -0.15) is 5.10 Å². The highest BCUT2D eigenvalue weighted by molar-refractivity contribution is 7.90. The highest BCUT2D eigenvalue weighted by Gasteiger charge is 2.52. The van der Waals surface area contributed by atoms with Gasteiger partial charge in [0.25, 0.3) is 0 Å². The van der Waals surface area contributed by atoms with Gasteiger partial charge < -0.3 is 18.5 Å². The Bertz CT molecular complexity index is 1860. The normalized spacial score (nSPS) is 19.4. The summed E-state index contributed by atoms with van der Waals surface area (Å²) < 4.78 is 30.9. The number of nitrogens with one attached hydrogen (secondary N) is 1. The molecule has 52 heavy (non-hydrogen) atoms. The number of aliphatic hydroxyl groups is 1. The van der Waals surface area contributed by atoms with Gasteiger partial charge in [-0.15, -0.1) is 4.72 Å². The van der Waals surface area contributed by atoms with Crippen LogP contribution in [-0.2, 0) is 32.5 Å². The van der Waals surface area contributed by atoms with Crippen molar-refractivity contribution in [1.82, 2.24) is 24.5 Å². The molecule has 0 unspecified atom stereocenters. The van der Waals surface area contributed by atoms with E-state index in [-0.39, 0.29) is 16.0 Å². The van der Waals surface area contributed by atoms with Crippen molar-refractivity contribution in [2.45, 2.75) is 128 Å². The molecular weight excluding hydrogens is 703 g/mol. The zero-order valence-corrected chi connectivity index (χ0v) is 36.4. The van der Waals surface area contributed by atoms with E-state index in [1.165, 1.54) is 0 Å². The topological polar surface area (TPSA) is 117 Å². The highest BCUT2D eigenvalue weighted by atomic mass is 32.2. The molecule has 2 N–H and O–H groups in total. The fourth-order valence-corrected chi connectivity index (χ4v) is 8.59. The minimum Gasteiger partial charge on any atom is -0.598 e. The second kappa shape index (κ2) is 14.7. The van der Waals surface area contributed by atoms with E-state index in [1.54, 1.807) is 0 Å². The molecule has 5 rings (SSSR count). The fourth-order valence-electron chi connectivity index (χ4n) is 5.70. The number of benzene rings is 1. The van der Waals surface area contributed by atoms with Crippen LogP contribution < -0.4 is 4.72 Å². The standard InChI is InChI=1S/C40H61N5O4SSi2/c1-37(2,3)50(47)44-40(46,31-22-28(23-31)26-48-51(10,11)38(4,5)6)35-18-15-17-33(43-35)29-20-21-30-25-41-45(34(30)24-29)36-19-14-16-32(42-36)27-49-52(12,13)39(7,8)9/h14-21,24-25,28,31,44,46H,22-23,26-27H2,1-13H3/t28?,31?,40-,50+/m0/s1. The van der Waals surface area contributed by atoms with Crippen molar-refractivity contribution in [2.24, 2.45) is 11.8 Å². The van der Waals surface area contributed by atoms with Gasteiger partial charge in [-0.25, -0.2) is 14.6 Å². The van der Waals surface area contributed by atoms with Crippen molar-refractivity contribution in [3.63, 3.8) is 0 Å². The molecule has 1 aliphatic rings. The number of hydrogen-bond acceptors (Lipinski definition) is 8. The molecule has 9 nitrogen and oxygen atoms in total. The molecule has 1 fully saturated rings. The summed E-state index contributed by atoms with van der Waals surface area (Å²) in [7, 11) is -3.83. The first-order chi connectivity index (χ1) is 23.9. The summed E-state index contributed by atoms with van der Waals surface area (Å²) in [5.41, 5.74) is 2.22. The Hall–Kier alpha value is -2.43. The first-order valence-corrected chi connectivity index (χ1v) is 25.5. The van der Waals surface area contributed by atoms with Crippen LogP contribution in [0.25, 0.3) is 28.0 Å². The van der Waals surface area contributed by atoms with E-state index in [2.05, 4.69) is 78.5 Å². The largest absolute Gasteiger partial charge is 0.598 e. The lowest BCUT2D eigenvalue weighted by Gasteiger charge is -2.47. The van der Waals surface area contributed by atoms with Crippen LogP contribution in [0.5, 0.6) is 0 Å². The van der Waals surface area contributed by atoms with Gasteiger partial charge in [0, 0.05) is 34.8 Å². The molecule has 0 bridgehead atoms. The van der Waals surface area contributed by atoms with E-state index >= 15 is 0 Å². The average molecular weight is 764 g/mol. The van der Waals surface area contributed by atoms with E-state index in [0.29, 0.717) is 36.3 Å². The van der Waals surface area contributed by atoms with Gasteiger partial charge in [0.1, 0.15) is 4.75 Å². The molecule has 0 saturated heterocycles. The van der Waals surface area contributed by atoms with Crippen molar-refractivity contribution in [2.75, 3.05) is 6.61 Å². The monoisotopic (exact) mass is 763 g/mol. The third kappa shape index (κ3) is 8.75. The van der Waals surface area contributed by atoms with Crippen molar-refractivity contribution >= 4 is 38.9 Å². The van der Waals surface area contributed by atoms with Crippen molar-refractivity contribution in [1.29, 1.82) is 0 Å². The SMILES string of the molecule is CC(C)(C)[S@@+]([O-])N[C@@](O)(c1cccc(-c2ccc3cnn(-c4cccc(CO[Si](C)(C)C(C)(C)C)n4)c3c2)n1)C1CC(CO[Si](C)(C)C(C)(C)C)C1. The number of rotatable bonds is 12. The zero-order valence-electron chi connectivity index (χ0n) is 33.6. The van der Waals surface area contributed by atoms with Gasteiger partial charge in [-0.05, 0) is 106 Å². The van der Waals surface area contributed by atoms with E-state index in [0.717, 1.165) is 35.0 Å². The lowest BCUT2D eigenvalue weighted by Crippen LogP contribution is -2.58. The molecular formula is C40H61N5O4SSi2. The smallest absolute Gasteiger partial charge is 0.203 e. The fraction of sp³-hybridized carbons (Fsp3) is 0.575. The van der Waals surface area contributed by atoms with Crippen LogP contribution in [0.1, 0.15) is 86.5 Å². The molecule has 3 heterocycles. The van der Waals surface area contributed by atoms with Gasteiger partial charge in [-0.1, -0.05) is 65.8 Å². The zero-order chi connectivity index (χ0) is 38.5. The molecule has 1 saturated carbocycles. The molecule has 0 radical (unpaired) electrons. The quantitative estimate of drug-likeness (QED) is 0.0834. The van der Waals surface area contributed by atoms with Crippen molar-refractivity contribution in [3.8, 4) is 17.1 Å². The summed E-state index contributed by atoms with van der Waals surface area (Å²) in [4.78, 5) is 9.97. The van der Waals surface area contributed by atoms with Crippen LogP contribution in [0.4, 0.5) is 0 Å². The molecule has 4 aromatic rings. The van der Waals surface area contributed by atoms with Gasteiger partial charge in [0.2, 0.25) is 5.72 Å². The summed E-state index contributed by atoms with van der Waals surface area (Å²) in [6.45, 7) is 29.3. The Morgan fingerprint density at radius 3 is 2.13 bits per heavy atom. The molecule has 0 amide bonds. The number of nitrogens with zero attached hydrogens (tertiary/aromatic N) is 4. The molecule has 12 heteroatoms. The van der Waals surface area contributed by atoms with Gasteiger partial charge in [-0.3, -0.25) is 0 Å². The molecule has 2 atom stereocenters. The first kappa shape index (κ1) is 40.8. The average Bonchev–Trinajstić information content (AvgIpc) is 3.45. The van der Waals surface area contributed by atoms with Crippen LogP contribution in [0.2, 0.25) is 36.3 Å². The van der Waals surface area contributed by atoms with Crippen LogP contribution in [0.3, 0.4) is 0 Å². The summed E-state index contributed by atoms with van der Waals surface area (Å²) >= 11 is -1.53. The van der Waals surface area contributed by atoms with E-state index < -0.39 is 38.5 Å². The molecule has 284 valence electrons. The maximum atomic E-state index is 13.5. The maximum absolute atomic E-state index is 13.5. The van der Waals surface area contributed by atoms with Crippen LogP contribution in [0, 0.1) is 11.8 Å². The molecule has 0 spiro atoms. The second-order valence-electron chi connectivity index (χ2n) is 18.6. The minimum atomic E-state index is -1.94. The van der Waals surface area contributed by atoms with Gasteiger partial charge in [0.05, 0.1) is 35.4 Å². The lowest BCUT2D eigenvalue weighted by molar-refractivity contribution is -0.0960. The third-order valence-electron chi connectivity index (χ3n) is 11.5. The minimum absolute atomic E-state index is 0.111. The summed E-state index contributed by atoms with van der Waals surface area (Å²) in [6, 6.07) is 17.8. The van der Waals surface area contributed by atoms with Crippen molar-refractivity contribution < 1.29 is 18.5 Å². The number of fused-ring (bicyclic) bond motifs is 1. The maximum Gasteiger partial charge on any atom is 0.203 e. The van der Waals surface area contributed by atoms with Crippen molar-refractivity contribution in [3.05, 3.63) is 72.2 Å². The molecule has 0 aliphatic heterocycles. The predicted octanol–water partition coefficient (Wildman–Crippen LogP) is 9.25. The van der Waals surface area contributed by atoms with E-state index in [1.807, 2.05) is 80.2 Å². The van der Waals surface area contributed by atoms with Gasteiger partial charge >= 0.3 is 0 Å². The first-order valence-electron chi connectivity index (χ1n) is 18.5. The molecule has 3 aromatic heterocycles. The molecule has 1 aliphatic carbocycles. The van der Waals surface area contributed by atoms with Crippen LogP contribution in [-0.4, -0.2) is 57.4 Å². The molecule has 1 aromatic carbocycles. The van der Waals surface area contributed by atoms with Crippen LogP contribution >= 0.6 is 0 Å². The number of hydrogen-bond donors (Lipinski definition) is 2. The van der Waals surface area contributed by atoms with Gasteiger partial charge in [0.15, 0.2) is 22.5 Å². The summed E-state index contributed by atoms with van der Waals surface area (Å²) in [6.07, 6.45) is 3.35. The van der Waals surface area contributed by atoms with Crippen LogP contribution in [0.15, 0.2) is 60.8 Å². The Morgan fingerprint density at radius 1 is 0.865 bits per heavy atom. The van der Waals surface area contributed by atoms with E-state index in [4.69, 9.17) is 23.9 Å². The van der Waals surface area contributed by atoms with E-state index in [9.17, 15) is 9.66 Å². The Kier molecular flexibility index (Phi) is 11.5. The Morgan fingerprint density at radius 2 is 1.50 bits per heavy atom. The third-order valence-corrected chi connectivity index (χ3v) is 22.1. The summed E-state index contributed by atoms with van der Waals surface area (Å²) in [5.74, 6) is 0.870. The highest BCUT2D eigenvalue weighted by Crippen LogP contribution is 2.47. The number of pyridine rings is 2. The predicted molar refractivity (Wildman–Crippen MR) is 218 cm³/mol. The Labute approximate surface area is 316 Å².